The van der Waals surface area contributed by atoms with E-state index in [-0.39, 0.29) is 29.5 Å². The maximum atomic E-state index is 13.4. The number of anilines is 1. The van der Waals surface area contributed by atoms with Crippen molar-refractivity contribution in [2.24, 2.45) is 0 Å². The van der Waals surface area contributed by atoms with E-state index in [0.717, 1.165) is 45.1 Å². The number of hydrogen-bond acceptors (Lipinski definition) is 4. The minimum absolute atomic E-state index is 0.112. The Kier molecular flexibility index (Phi) is 5.44. The van der Waals surface area contributed by atoms with Gasteiger partial charge in [-0.25, -0.2) is 8.42 Å². The lowest BCUT2D eigenvalue weighted by Gasteiger charge is -2.40. The summed E-state index contributed by atoms with van der Waals surface area (Å²) in [5.74, 6) is 0.479. The van der Waals surface area contributed by atoms with Crippen molar-refractivity contribution in [3.63, 3.8) is 0 Å². The van der Waals surface area contributed by atoms with Gasteiger partial charge >= 0.3 is 0 Å². The van der Waals surface area contributed by atoms with Crippen LogP contribution in [0.5, 0.6) is 0 Å². The highest BCUT2D eigenvalue weighted by molar-refractivity contribution is 7.91. The van der Waals surface area contributed by atoms with Crippen molar-refractivity contribution < 1.29 is 13.2 Å². The predicted molar refractivity (Wildman–Crippen MR) is 108 cm³/mol. The van der Waals surface area contributed by atoms with Crippen LogP contribution in [0.1, 0.15) is 50.5 Å². The first-order valence-corrected chi connectivity index (χ1v) is 12.2. The molecule has 0 radical (unpaired) electrons. The fraction of sp³-hybridized carbons (Fsp3) is 0.667. The zero-order valence-electron chi connectivity index (χ0n) is 16.0. The average molecular weight is 391 g/mol. The summed E-state index contributed by atoms with van der Waals surface area (Å²) in [4.78, 5) is 17.6. The van der Waals surface area contributed by atoms with Gasteiger partial charge in [0, 0.05) is 24.3 Å². The third kappa shape index (κ3) is 4.15. The first-order chi connectivity index (χ1) is 13.0. The van der Waals surface area contributed by atoms with E-state index in [2.05, 4.69) is 23.1 Å². The molecule has 2 heterocycles. The topological polar surface area (TPSA) is 57.7 Å². The predicted octanol–water partition coefficient (Wildman–Crippen LogP) is 2.79. The van der Waals surface area contributed by atoms with Gasteiger partial charge in [0.05, 0.1) is 18.1 Å². The number of fused-ring (bicyclic) bond motifs is 1. The number of aryl methyl sites for hydroxylation is 1. The summed E-state index contributed by atoms with van der Waals surface area (Å²) >= 11 is 0. The lowest BCUT2D eigenvalue weighted by atomic mass is 9.92. The second-order valence-corrected chi connectivity index (χ2v) is 10.5. The van der Waals surface area contributed by atoms with Gasteiger partial charge in [0.15, 0.2) is 9.84 Å². The molecular formula is C21H30N2O3S. The number of para-hydroxylation sites is 1. The Balaban J connectivity index is 1.54. The van der Waals surface area contributed by atoms with Gasteiger partial charge in [0.25, 0.3) is 0 Å². The molecule has 3 aliphatic rings. The third-order valence-electron chi connectivity index (χ3n) is 6.39. The van der Waals surface area contributed by atoms with Crippen molar-refractivity contribution in [1.82, 2.24) is 4.90 Å². The smallest absolute Gasteiger partial charge is 0.242 e. The van der Waals surface area contributed by atoms with Crippen molar-refractivity contribution in [2.45, 2.75) is 63.5 Å². The van der Waals surface area contributed by atoms with Crippen LogP contribution in [0.4, 0.5) is 5.69 Å². The van der Waals surface area contributed by atoms with Gasteiger partial charge in [-0.3, -0.25) is 4.79 Å². The van der Waals surface area contributed by atoms with Crippen molar-refractivity contribution in [1.29, 1.82) is 0 Å². The zero-order chi connectivity index (χ0) is 18.9. The molecule has 0 bridgehead atoms. The molecule has 1 aromatic carbocycles. The maximum Gasteiger partial charge on any atom is 0.242 e. The summed E-state index contributed by atoms with van der Waals surface area (Å²) in [6.45, 7) is 1.26. The molecule has 2 fully saturated rings. The SMILES string of the molecule is O=C(CN1CCCc2ccccc21)N(C1CCCCC1)[C@@H]1CCS(=O)(=O)C1. The number of rotatable bonds is 4. The van der Waals surface area contributed by atoms with Gasteiger partial charge in [0.2, 0.25) is 5.91 Å². The molecule has 2 aliphatic heterocycles. The Labute approximate surface area is 162 Å². The van der Waals surface area contributed by atoms with Crippen LogP contribution in [0.3, 0.4) is 0 Å². The second kappa shape index (κ2) is 7.82. The molecule has 1 atom stereocenters. The van der Waals surface area contributed by atoms with Gasteiger partial charge in [-0.1, -0.05) is 37.5 Å². The number of benzene rings is 1. The highest BCUT2D eigenvalue weighted by Crippen LogP contribution is 2.30. The van der Waals surface area contributed by atoms with E-state index in [9.17, 15) is 13.2 Å². The minimum atomic E-state index is -3.00. The summed E-state index contributed by atoms with van der Waals surface area (Å²) in [7, 11) is -3.00. The van der Waals surface area contributed by atoms with Crippen molar-refractivity contribution in [3.8, 4) is 0 Å². The molecule has 1 aromatic rings. The minimum Gasteiger partial charge on any atom is -0.362 e. The van der Waals surface area contributed by atoms with Crippen LogP contribution in [-0.2, 0) is 21.1 Å². The average Bonchev–Trinajstić information content (AvgIpc) is 3.02. The Morgan fingerprint density at radius 1 is 1.04 bits per heavy atom. The summed E-state index contributed by atoms with van der Waals surface area (Å²) in [6.07, 6.45) is 8.25. The second-order valence-electron chi connectivity index (χ2n) is 8.30. The molecule has 1 amide bonds. The van der Waals surface area contributed by atoms with Gasteiger partial charge in [-0.15, -0.1) is 0 Å². The molecule has 0 N–H and O–H groups in total. The molecule has 1 saturated carbocycles. The van der Waals surface area contributed by atoms with E-state index in [0.29, 0.717) is 13.0 Å². The van der Waals surface area contributed by atoms with E-state index in [1.54, 1.807) is 0 Å². The van der Waals surface area contributed by atoms with Crippen LogP contribution in [-0.4, -0.2) is 55.9 Å². The van der Waals surface area contributed by atoms with Crippen LogP contribution < -0.4 is 4.90 Å². The largest absolute Gasteiger partial charge is 0.362 e. The van der Waals surface area contributed by atoms with Gasteiger partial charge in [-0.2, -0.15) is 0 Å². The molecule has 0 aromatic heterocycles. The van der Waals surface area contributed by atoms with Crippen molar-refractivity contribution in [3.05, 3.63) is 29.8 Å². The Morgan fingerprint density at radius 3 is 2.56 bits per heavy atom. The van der Waals surface area contributed by atoms with Crippen LogP contribution in [0, 0.1) is 0 Å². The number of nitrogens with zero attached hydrogens (tertiary/aromatic N) is 2. The number of sulfone groups is 1. The van der Waals surface area contributed by atoms with Crippen LogP contribution >= 0.6 is 0 Å². The molecule has 1 saturated heterocycles. The molecule has 5 nitrogen and oxygen atoms in total. The van der Waals surface area contributed by atoms with Crippen molar-refractivity contribution >= 4 is 21.4 Å². The Hall–Kier alpha value is -1.56. The van der Waals surface area contributed by atoms with E-state index in [1.807, 2.05) is 11.0 Å². The van der Waals surface area contributed by atoms with Crippen LogP contribution in [0.15, 0.2) is 24.3 Å². The van der Waals surface area contributed by atoms with E-state index >= 15 is 0 Å². The number of amides is 1. The molecule has 1 aliphatic carbocycles. The standard InChI is InChI=1S/C21H30N2O3S/c24-21(15-22-13-6-8-17-7-4-5-11-20(17)22)23(18-9-2-1-3-10-18)19-12-14-27(25,26)16-19/h4-5,7,11,18-19H,1-3,6,8-10,12-16H2/t19-/m1/s1. The fourth-order valence-corrected chi connectivity index (χ4v) is 6.79. The number of hydrogen-bond donors (Lipinski definition) is 0. The molecule has 4 rings (SSSR count). The first-order valence-electron chi connectivity index (χ1n) is 10.4. The lowest BCUT2D eigenvalue weighted by molar-refractivity contribution is -0.135. The molecule has 6 heteroatoms. The molecule has 0 unspecified atom stereocenters. The highest BCUT2D eigenvalue weighted by Gasteiger charge is 2.39. The number of carbonyl (C=O) groups is 1. The van der Waals surface area contributed by atoms with Gasteiger partial charge in [0.1, 0.15) is 0 Å². The van der Waals surface area contributed by atoms with Gasteiger partial charge in [-0.05, 0) is 43.7 Å². The van der Waals surface area contributed by atoms with E-state index < -0.39 is 9.84 Å². The van der Waals surface area contributed by atoms with Crippen LogP contribution in [0.2, 0.25) is 0 Å². The molecule has 27 heavy (non-hydrogen) atoms. The fourth-order valence-electron chi connectivity index (χ4n) is 5.08. The molecule has 148 valence electrons. The normalized spacial score (nSPS) is 25.2. The van der Waals surface area contributed by atoms with E-state index in [4.69, 9.17) is 0 Å². The van der Waals surface area contributed by atoms with Gasteiger partial charge < -0.3 is 9.80 Å². The Bertz CT molecular complexity index is 786. The lowest BCUT2D eigenvalue weighted by Crippen LogP contribution is -2.52. The first kappa shape index (κ1) is 18.8. The Morgan fingerprint density at radius 2 is 1.81 bits per heavy atom. The van der Waals surface area contributed by atoms with E-state index in [1.165, 1.54) is 17.7 Å². The number of carbonyl (C=O) groups excluding carboxylic acids is 1. The zero-order valence-corrected chi connectivity index (χ0v) is 16.8. The summed E-state index contributed by atoms with van der Waals surface area (Å²) in [6, 6.07) is 8.42. The summed E-state index contributed by atoms with van der Waals surface area (Å²) < 4.78 is 24.1. The van der Waals surface area contributed by atoms with Crippen LogP contribution in [0.25, 0.3) is 0 Å². The third-order valence-corrected chi connectivity index (χ3v) is 8.14. The van der Waals surface area contributed by atoms with Crippen molar-refractivity contribution in [2.75, 3.05) is 29.5 Å². The molecular weight excluding hydrogens is 360 g/mol. The monoisotopic (exact) mass is 390 g/mol. The maximum absolute atomic E-state index is 13.4. The highest BCUT2D eigenvalue weighted by atomic mass is 32.2. The summed E-state index contributed by atoms with van der Waals surface area (Å²) in [5.41, 5.74) is 2.48. The molecule has 0 spiro atoms. The quantitative estimate of drug-likeness (QED) is 0.793. The summed E-state index contributed by atoms with van der Waals surface area (Å²) in [5, 5.41) is 0.